The highest BCUT2D eigenvalue weighted by Crippen LogP contribution is 2.26. The summed E-state index contributed by atoms with van der Waals surface area (Å²) in [5, 5.41) is 12.4. The van der Waals surface area contributed by atoms with Crippen molar-refractivity contribution in [3.8, 4) is 22.8 Å². The number of aryl methyl sites for hydroxylation is 1. The number of imidazole rings is 1. The van der Waals surface area contributed by atoms with Gasteiger partial charge in [0.1, 0.15) is 5.82 Å². The lowest BCUT2D eigenvalue weighted by molar-refractivity contribution is -0.113. The van der Waals surface area contributed by atoms with E-state index in [0.717, 1.165) is 51.2 Å². The van der Waals surface area contributed by atoms with Gasteiger partial charge in [0, 0.05) is 23.4 Å². The lowest BCUT2D eigenvalue weighted by Gasteiger charge is -2.09. The summed E-state index contributed by atoms with van der Waals surface area (Å²) in [5.41, 5.74) is 5.72. The minimum Gasteiger partial charge on any atom is -0.338 e. The molecule has 0 aliphatic carbocycles. The topological polar surface area (TPSA) is 88.5 Å². The van der Waals surface area contributed by atoms with Gasteiger partial charge in [-0.05, 0) is 44.2 Å². The maximum Gasteiger partial charge on any atom is 0.234 e. The molecule has 0 radical (unpaired) electrons. The van der Waals surface area contributed by atoms with Crippen LogP contribution in [0.1, 0.15) is 12.5 Å². The highest BCUT2D eigenvalue weighted by molar-refractivity contribution is 7.99. The first-order valence-corrected chi connectivity index (χ1v) is 12.1. The molecule has 2 aromatic heterocycles. The zero-order valence-electron chi connectivity index (χ0n) is 18.9. The van der Waals surface area contributed by atoms with Crippen LogP contribution in [-0.2, 0) is 11.3 Å². The molecule has 7 nitrogen and oxygen atoms in total. The molecule has 0 atom stereocenters. The van der Waals surface area contributed by atoms with Gasteiger partial charge in [-0.3, -0.25) is 4.79 Å². The molecule has 5 aromatic rings. The Kier molecular flexibility index (Phi) is 6.14. The highest BCUT2D eigenvalue weighted by atomic mass is 32.2. The number of benzene rings is 3. The smallest absolute Gasteiger partial charge is 0.234 e. The number of aromatic amines is 1. The van der Waals surface area contributed by atoms with Crippen LogP contribution in [0.5, 0.6) is 0 Å². The summed E-state index contributed by atoms with van der Waals surface area (Å²) < 4.78 is 2.04. The van der Waals surface area contributed by atoms with Gasteiger partial charge in [0.05, 0.1) is 16.8 Å². The molecule has 0 spiro atoms. The van der Waals surface area contributed by atoms with E-state index in [9.17, 15) is 4.79 Å². The molecule has 0 aliphatic heterocycles. The fourth-order valence-electron chi connectivity index (χ4n) is 3.84. The molecule has 170 valence electrons. The lowest BCUT2D eigenvalue weighted by Crippen LogP contribution is -2.14. The van der Waals surface area contributed by atoms with Crippen molar-refractivity contribution in [3.05, 3.63) is 78.4 Å². The van der Waals surface area contributed by atoms with Crippen LogP contribution in [0.4, 0.5) is 5.69 Å². The van der Waals surface area contributed by atoms with Crippen LogP contribution in [0.2, 0.25) is 0 Å². The van der Waals surface area contributed by atoms with Crippen molar-refractivity contribution in [3.63, 3.8) is 0 Å². The highest BCUT2D eigenvalue weighted by Gasteiger charge is 2.15. The Morgan fingerprint density at radius 2 is 1.82 bits per heavy atom. The van der Waals surface area contributed by atoms with E-state index >= 15 is 0 Å². The van der Waals surface area contributed by atoms with E-state index < -0.39 is 0 Å². The number of rotatable bonds is 7. The fraction of sp³-hybridized carbons (Fsp3) is 0.154. The second-order valence-electron chi connectivity index (χ2n) is 7.94. The predicted octanol–water partition coefficient (Wildman–Crippen LogP) is 5.55. The first kappa shape index (κ1) is 21.9. The van der Waals surface area contributed by atoms with Crippen LogP contribution < -0.4 is 5.32 Å². The Bertz CT molecular complexity index is 1440. The van der Waals surface area contributed by atoms with Crippen LogP contribution in [0.25, 0.3) is 33.8 Å². The average Bonchev–Trinajstić information content (AvgIpc) is 3.47. The Balaban J connectivity index is 1.27. The van der Waals surface area contributed by atoms with E-state index in [1.807, 2.05) is 65.2 Å². The molecule has 8 heteroatoms. The molecule has 2 N–H and O–H groups in total. The number of hydrogen-bond donors (Lipinski definition) is 2. The summed E-state index contributed by atoms with van der Waals surface area (Å²) >= 11 is 1.38. The largest absolute Gasteiger partial charge is 0.338 e. The van der Waals surface area contributed by atoms with E-state index in [4.69, 9.17) is 0 Å². The van der Waals surface area contributed by atoms with Gasteiger partial charge in [-0.25, -0.2) is 4.98 Å². The summed E-state index contributed by atoms with van der Waals surface area (Å²) in [6.45, 7) is 4.83. The molecule has 0 saturated carbocycles. The standard InChI is InChI=1S/C26H24N6OS/c1-3-32-25(19-10-6-8-17(2)14-19)30-31-26(32)34-16-23(33)27-20-11-7-9-18(15-20)24-28-21-12-4-5-13-22(21)29-24/h4-15H,3,16H2,1-2H3,(H,27,33)(H,28,29). The maximum absolute atomic E-state index is 12.7. The van der Waals surface area contributed by atoms with Gasteiger partial charge in [-0.15, -0.1) is 10.2 Å². The number of nitrogens with one attached hydrogen (secondary N) is 2. The van der Waals surface area contributed by atoms with Gasteiger partial charge in [-0.1, -0.05) is 59.8 Å². The number of thioether (sulfide) groups is 1. The summed E-state index contributed by atoms with van der Waals surface area (Å²) in [6.07, 6.45) is 0. The van der Waals surface area contributed by atoms with Gasteiger partial charge in [0.15, 0.2) is 11.0 Å². The van der Waals surface area contributed by atoms with E-state index in [1.54, 1.807) is 0 Å². The molecular weight excluding hydrogens is 444 g/mol. The summed E-state index contributed by atoms with van der Waals surface area (Å²) in [6, 6.07) is 23.8. The Morgan fingerprint density at radius 3 is 2.65 bits per heavy atom. The molecular formula is C26H24N6OS. The first-order chi connectivity index (χ1) is 16.6. The molecule has 0 aliphatic rings. The van der Waals surface area contributed by atoms with Gasteiger partial charge >= 0.3 is 0 Å². The van der Waals surface area contributed by atoms with Gasteiger partial charge in [0.2, 0.25) is 5.91 Å². The quantitative estimate of drug-likeness (QED) is 0.306. The van der Waals surface area contributed by atoms with Crippen molar-refractivity contribution in [1.82, 2.24) is 24.7 Å². The van der Waals surface area contributed by atoms with Crippen LogP contribution in [0.3, 0.4) is 0 Å². The third-order valence-electron chi connectivity index (χ3n) is 5.45. The maximum atomic E-state index is 12.7. The molecule has 2 heterocycles. The summed E-state index contributed by atoms with van der Waals surface area (Å²) in [5.74, 6) is 1.72. The van der Waals surface area contributed by atoms with Crippen molar-refractivity contribution in [1.29, 1.82) is 0 Å². The second-order valence-corrected chi connectivity index (χ2v) is 8.88. The average molecular weight is 469 g/mol. The molecule has 0 unspecified atom stereocenters. The second kappa shape index (κ2) is 9.52. The minimum absolute atomic E-state index is 0.102. The van der Waals surface area contributed by atoms with Crippen molar-refractivity contribution in [2.75, 3.05) is 11.1 Å². The zero-order valence-corrected chi connectivity index (χ0v) is 19.8. The van der Waals surface area contributed by atoms with Crippen LogP contribution in [0.15, 0.2) is 78.0 Å². The van der Waals surface area contributed by atoms with Crippen molar-refractivity contribution in [2.45, 2.75) is 25.5 Å². The molecule has 0 fully saturated rings. The minimum atomic E-state index is -0.102. The Morgan fingerprint density at radius 1 is 1.00 bits per heavy atom. The first-order valence-electron chi connectivity index (χ1n) is 11.1. The van der Waals surface area contributed by atoms with Crippen molar-refractivity contribution in [2.24, 2.45) is 0 Å². The van der Waals surface area contributed by atoms with Crippen LogP contribution >= 0.6 is 11.8 Å². The van der Waals surface area contributed by atoms with E-state index in [-0.39, 0.29) is 11.7 Å². The van der Waals surface area contributed by atoms with Crippen LogP contribution in [0, 0.1) is 6.92 Å². The number of anilines is 1. The predicted molar refractivity (Wildman–Crippen MR) is 137 cm³/mol. The van der Waals surface area contributed by atoms with Crippen molar-refractivity contribution < 1.29 is 4.79 Å². The summed E-state index contributed by atoms with van der Waals surface area (Å²) in [4.78, 5) is 20.6. The van der Waals surface area contributed by atoms with Gasteiger partial charge in [-0.2, -0.15) is 0 Å². The third kappa shape index (κ3) is 4.58. The Labute approximate surface area is 201 Å². The number of para-hydroxylation sites is 2. The normalized spacial score (nSPS) is 11.1. The van der Waals surface area contributed by atoms with E-state index in [1.165, 1.54) is 17.3 Å². The van der Waals surface area contributed by atoms with Crippen LogP contribution in [-0.4, -0.2) is 36.4 Å². The van der Waals surface area contributed by atoms with E-state index in [0.29, 0.717) is 0 Å². The number of hydrogen-bond acceptors (Lipinski definition) is 5. The number of carbonyl (C=O) groups is 1. The Hall–Kier alpha value is -3.91. The number of fused-ring (bicyclic) bond motifs is 1. The number of H-pyrrole nitrogens is 1. The SMILES string of the molecule is CCn1c(SCC(=O)Nc2cccc(-c3nc4ccccc4[nH]3)c2)nnc1-c1cccc(C)c1. The molecule has 0 saturated heterocycles. The molecule has 5 rings (SSSR count). The zero-order chi connectivity index (χ0) is 23.5. The van der Waals surface area contributed by atoms with Gasteiger partial charge < -0.3 is 14.9 Å². The third-order valence-corrected chi connectivity index (χ3v) is 6.42. The lowest BCUT2D eigenvalue weighted by atomic mass is 10.1. The number of carbonyl (C=O) groups excluding carboxylic acids is 1. The van der Waals surface area contributed by atoms with Gasteiger partial charge in [0.25, 0.3) is 0 Å². The molecule has 1 amide bonds. The van der Waals surface area contributed by atoms with Crippen molar-refractivity contribution >= 4 is 34.4 Å². The molecule has 0 bridgehead atoms. The monoisotopic (exact) mass is 468 g/mol. The number of aromatic nitrogens is 5. The number of nitrogens with zero attached hydrogens (tertiary/aromatic N) is 4. The summed E-state index contributed by atoms with van der Waals surface area (Å²) in [7, 11) is 0. The van der Waals surface area contributed by atoms with E-state index in [2.05, 4.69) is 51.5 Å². The fourth-order valence-corrected chi connectivity index (χ4v) is 4.64. The molecule has 34 heavy (non-hydrogen) atoms. The number of amides is 1. The molecule has 3 aromatic carbocycles.